The van der Waals surface area contributed by atoms with Gasteiger partial charge in [-0.15, -0.1) is 0 Å². The monoisotopic (exact) mass is 211 g/mol. The largest absolute Gasteiger partial charge is 0.409 e. The zero-order chi connectivity index (χ0) is 11.3. The van der Waals surface area contributed by atoms with E-state index in [9.17, 15) is 4.79 Å². The Kier molecular flexibility index (Phi) is 3.67. The number of amides is 1. The summed E-state index contributed by atoms with van der Waals surface area (Å²) < 4.78 is 1.47. The second kappa shape index (κ2) is 4.99. The summed E-state index contributed by atoms with van der Waals surface area (Å²) in [6, 6.07) is 1.61. The van der Waals surface area contributed by atoms with Crippen LogP contribution in [-0.4, -0.2) is 33.3 Å². The van der Waals surface area contributed by atoms with E-state index in [0.29, 0.717) is 18.7 Å². The lowest BCUT2D eigenvalue weighted by Gasteiger charge is -2.04. The van der Waals surface area contributed by atoms with E-state index in [4.69, 9.17) is 10.9 Å². The van der Waals surface area contributed by atoms with Crippen LogP contribution in [0, 0.1) is 0 Å². The molecule has 0 radical (unpaired) electrons. The molecule has 82 valence electrons. The molecule has 1 heterocycles. The minimum absolute atomic E-state index is 0.0836. The van der Waals surface area contributed by atoms with Crippen molar-refractivity contribution in [2.75, 3.05) is 6.54 Å². The average Bonchev–Trinajstić information content (AvgIpc) is 2.64. The summed E-state index contributed by atoms with van der Waals surface area (Å²) in [6.07, 6.45) is 1.85. The van der Waals surface area contributed by atoms with Gasteiger partial charge in [-0.25, -0.2) is 0 Å². The normalized spacial score (nSPS) is 11.4. The van der Waals surface area contributed by atoms with E-state index >= 15 is 0 Å². The molecule has 4 N–H and O–H groups in total. The number of aryl methyl sites for hydroxylation is 1. The first kappa shape index (κ1) is 11.0. The van der Waals surface area contributed by atoms with E-state index < -0.39 is 0 Å². The molecule has 0 unspecified atom stereocenters. The van der Waals surface area contributed by atoms with Crippen molar-refractivity contribution >= 4 is 11.7 Å². The Morgan fingerprint density at radius 1 is 1.80 bits per heavy atom. The fourth-order valence-corrected chi connectivity index (χ4v) is 1.04. The molecule has 0 aromatic carbocycles. The van der Waals surface area contributed by atoms with Crippen LogP contribution in [0.3, 0.4) is 0 Å². The van der Waals surface area contributed by atoms with Crippen LogP contribution < -0.4 is 11.1 Å². The topological polar surface area (TPSA) is 106 Å². The van der Waals surface area contributed by atoms with Gasteiger partial charge in [0, 0.05) is 26.2 Å². The first-order valence-corrected chi connectivity index (χ1v) is 4.37. The van der Waals surface area contributed by atoms with Gasteiger partial charge >= 0.3 is 0 Å². The van der Waals surface area contributed by atoms with Crippen molar-refractivity contribution in [2.24, 2.45) is 17.9 Å². The maximum atomic E-state index is 11.5. The molecule has 0 aliphatic heterocycles. The molecule has 0 bridgehead atoms. The van der Waals surface area contributed by atoms with Gasteiger partial charge in [-0.3, -0.25) is 9.48 Å². The maximum absolute atomic E-state index is 11.5. The summed E-state index contributed by atoms with van der Waals surface area (Å²) in [5.41, 5.74) is 5.71. The molecule has 7 nitrogen and oxygen atoms in total. The number of nitrogens with zero attached hydrogens (tertiary/aromatic N) is 3. The Morgan fingerprint density at radius 2 is 2.53 bits per heavy atom. The Labute approximate surface area is 86.6 Å². The van der Waals surface area contributed by atoms with E-state index in [2.05, 4.69) is 15.6 Å². The molecule has 1 aromatic rings. The molecule has 0 spiro atoms. The highest BCUT2D eigenvalue weighted by molar-refractivity contribution is 5.92. The summed E-state index contributed by atoms with van der Waals surface area (Å²) >= 11 is 0. The van der Waals surface area contributed by atoms with Crippen LogP contribution in [0.4, 0.5) is 0 Å². The van der Waals surface area contributed by atoms with Gasteiger partial charge in [0.1, 0.15) is 11.5 Å². The molecule has 1 amide bonds. The molecule has 15 heavy (non-hydrogen) atoms. The summed E-state index contributed by atoms with van der Waals surface area (Å²) in [5.74, 6) is -0.152. The van der Waals surface area contributed by atoms with Crippen molar-refractivity contribution in [1.82, 2.24) is 15.1 Å². The van der Waals surface area contributed by atoms with Gasteiger partial charge in [-0.05, 0) is 6.07 Å². The molecule has 0 saturated heterocycles. The van der Waals surface area contributed by atoms with Crippen LogP contribution in [-0.2, 0) is 7.05 Å². The van der Waals surface area contributed by atoms with Crippen LogP contribution >= 0.6 is 0 Å². The zero-order valence-electron chi connectivity index (χ0n) is 8.34. The number of rotatable bonds is 4. The Balaban J connectivity index is 2.41. The minimum Gasteiger partial charge on any atom is -0.409 e. The molecule has 0 aliphatic carbocycles. The van der Waals surface area contributed by atoms with Gasteiger partial charge in [-0.2, -0.15) is 5.10 Å². The Hall–Kier alpha value is -2.05. The number of carbonyl (C=O) groups excluding carboxylic acids is 1. The van der Waals surface area contributed by atoms with Crippen LogP contribution in [0.25, 0.3) is 0 Å². The number of carbonyl (C=O) groups is 1. The highest BCUT2D eigenvalue weighted by Crippen LogP contribution is 1.95. The third-order valence-corrected chi connectivity index (χ3v) is 1.85. The van der Waals surface area contributed by atoms with Gasteiger partial charge < -0.3 is 16.3 Å². The lowest BCUT2D eigenvalue weighted by molar-refractivity contribution is 0.0945. The first-order chi connectivity index (χ1) is 7.15. The highest BCUT2D eigenvalue weighted by atomic mass is 16.4. The smallest absolute Gasteiger partial charge is 0.269 e. The third kappa shape index (κ3) is 2.97. The number of hydrogen-bond donors (Lipinski definition) is 3. The second-order valence-corrected chi connectivity index (χ2v) is 2.94. The fourth-order valence-electron chi connectivity index (χ4n) is 1.04. The molecular weight excluding hydrogens is 198 g/mol. The molecule has 0 aliphatic rings. The van der Waals surface area contributed by atoms with Crippen LogP contribution in [0.2, 0.25) is 0 Å². The van der Waals surface area contributed by atoms with Crippen molar-refractivity contribution in [2.45, 2.75) is 6.42 Å². The van der Waals surface area contributed by atoms with Gasteiger partial charge in [0.2, 0.25) is 0 Å². The van der Waals surface area contributed by atoms with E-state index in [-0.39, 0.29) is 11.7 Å². The van der Waals surface area contributed by atoms with Crippen molar-refractivity contribution < 1.29 is 10.0 Å². The fraction of sp³-hybridized carbons (Fsp3) is 0.375. The number of hydrogen-bond acceptors (Lipinski definition) is 4. The average molecular weight is 211 g/mol. The lowest BCUT2D eigenvalue weighted by atomic mass is 10.3. The zero-order valence-corrected chi connectivity index (χ0v) is 8.34. The molecule has 0 fully saturated rings. The summed E-state index contributed by atoms with van der Waals surface area (Å²) in [5, 5.41) is 17.5. The first-order valence-electron chi connectivity index (χ1n) is 4.37. The van der Waals surface area contributed by atoms with E-state index in [1.807, 2.05) is 0 Å². The van der Waals surface area contributed by atoms with Crippen LogP contribution in [0.5, 0.6) is 0 Å². The molecule has 0 atom stereocenters. The molecule has 7 heteroatoms. The van der Waals surface area contributed by atoms with Crippen molar-refractivity contribution in [3.8, 4) is 0 Å². The third-order valence-electron chi connectivity index (χ3n) is 1.85. The Bertz CT molecular complexity index is 371. The Morgan fingerprint density at radius 3 is 3.07 bits per heavy atom. The number of nitrogens with two attached hydrogens (primary N) is 1. The summed E-state index contributed by atoms with van der Waals surface area (Å²) in [4.78, 5) is 11.5. The van der Waals surface area contributed by atoms with Gasteiger partial charge in [0.25, 0.3) is 5.91 Å². The molecule has 1 rings (SSSR count). The quantitative estimate of drug-likeness (QED) is 0.264. The number of oxime groups is 1. The standard InChI is InChI=1S/C8H13N5O2/c1-13-6(2-5-11-13)8(14)10-4-3-7(9)12-15/h2,5,15H,3-4H2,1H3,(H2,9,12)(H,10,14). The van der Waals surface area contributed by atoms with Crippen molar-refractivity contribution in [3.05, 3.63) is 18.0 Å². The molecule has 1 aromatic heterocycles. The highest BCUT2D eigenvalue weighted by Gasteiger charge is 2.08. The number of aromatic nitrogens is 2. The van der Waals surface area contributed by atoms with Gasteiger partial charge in [-0.1, -0.05) is 5.16 Å². The van der Waals surface area contributed by atoms with Gasteiger partial charge in [0.05, 0.1) is 0 Å². The van der Waals surface area contributed by atoms with E-state index in [1.54, 1.807) is 19.3 Å². The number of nitrogens with one attached hydrogen (secondary N) is 1. The predicted octanol–water partition coefficient (Wildman–Crippen LogP) is -0.714. The van der Waals surface area contributed by atoms with Crippen LogP contribution in [0.15, 0.2) is 17.4 Å². The minimum atomic E-state index is -0.235. The SMILES string of the molecule is Cn1nccc1C(=O)NCCC(N)=NO. The lowest BCUT2D eigenvalue weighted by Crippen LogP contribution is -2.29. The van der Waals surface area contributed by atoms with E-state index in [1.165, 1.54) is 4.68 Å². The second-order valence-electron chi connectivity index (χ2n) is 2.94. The maximum Gasteiger partial charge on any atom is 0.269 e. The van der Waals surface area contributed by atoms with E-state index in [0.717, 1.165) is 0 Å². The molecular formula is C8H13N5O2. The summed E-state index contributed by atoms with van der Waals surface area (Å²) in [7, 11) is 1.68. The predicted molar refractivity (Wildman–Crippen MR) is 53.6 cm³/mol. The number of amidine groups is 1. The summed E-state index contributed by atoms with van der Waals surface area (Å²) in [6.45, 7) is 0.319. The van der Waals surface area contributed by atoms with Crippen molar-refractivity contribution in [1.29, 1.82) is 0 Å². The van der Waals surface area contributed by atoms with Crippen LogP contribution in [0.1, 0.15) is 16.9 Å². The van der Waals surface area contributed by atoms with Crippen molar-refractivity contribution in [3.63, 3.8) is 0 Å². The molecule has 0 saturated carbocycles. The van der Waals surface area contributed by atoms with Gasteiger partial charge in [0.15, 0.2) is 0 Å².